The van der Waals surface area contributed by atoms with Gasteiger partial charge in [-0.2, -0.15) is 5.10 Å². The molecule has 106 valence electrons. The van der Waals surface area contributed by atoms with E-state index >= 15 is 0 Å². The van der Waals surface area contributed by atoms with Gasteiger partial charge in [-0.3, -0.25) is 4.79 Å². The van der Waals surface area contributed by atoms with E-state index in [0.29, 0.717) is 17.1 Å². The predicted molar refractivity (Wildman–Crippen MR) is 77.5 cm³/mol. The normalized spacial score (nSPS) is 18.8. The number of aliphatic hydroxyl groups is 1. The molecule has 0 bridgehead atoms. The second kappa shape index (κ2) is 6.49. The van der Waals surface area contributed by atoms with Crippen LogP contribution in [0.5, 0.6) is 0 Å². The van der Waals surface area contributed by atoms with Crippen molar-refractivity contribution < 1.29 is 5.11 Å². The molecule has 2 rings (SSSR count). The highest BCUT2D eigenvalue weighted by molar-refractivity contribution is 9.10. The van der Waals surface area contributed by atoms with Crippen LogP contribution >= 0.6 is 15.9 Å². The molecule has 0 saturated carbocycles. The summed E-state index contributed by atoms with van der Waals surface area (Å²) in [6.07, 6.45) is 3.96. The van der Waals surface area contributed by atoms with Crippen LogP contribution < -0.4 is 15.8 Å². The quantitative estimate of drug-likeness (QED) is 0.801. The fraction of sp³-hybridized carbons (Fsp3) is 0.667. The first kappa shape index (κ1) is 14.5. The number of anilines is 1. The Labute approximate surface area is 120 Å². The van der Waals surface area contributed by atoms with E-state index in [2.05, 4.69) is 26.3 Å². The lowest BCUT2D eigenvalue weighted by atomic mass is 10.2. The molecule has 0 aliphatic carbocycles. The molecule has 0 spiro atoms. The van der Waals surface area contributed by atoms with Crippen molar-refractivity contribution in [1.29, 1.82) is 0 Å². The molecule has 1 fully saturated rings. The molecule has 1 unspecified atom stereocenters. The van der Waals surface area contributed by atoms with E-state index in [0.717, 1.165) is 25.2 Å². The molecule has 0 radical (unpaired) electrons. The summed E-state index contributed by atoms with van der Waals surface area (Å²) in [6, 6.07) is 0.405. The number of aromatic nitrogens is 2. The van der Waals surface area contributed by atoms with Crippen LogP contribution in [0, 0.1) is 0 Å². The maximum atomic E-state index is 11.9. The van der Waals surface area contributed by atoms with Crippen LogP contribution in [0.15, 0.2) is 15.5 Å². The lowest BCUT2D eigenvalue weighted by Crippen LogP contribution is -2.40. The first-order chi connectivity index (χ1) is 9.13. The highest BCUT2D eigenvalue weighted by atomic mass is 79.9. The maximum absolute atomic E-state index is 11.9. The predicted octanol–water partition coefficient (Wildman–Crippen LogP) is 0.0935. The minimum atomic E-state index is -0.167. The number of rotatable bonds is 5. The van der Waals surface area contributed by atoms with Gasteiger partial charge in [-0.05, 0) is 35.3 Å². The van der Waals surface area contributed by atoms with Gasteiger partial charge in [0.15, 0.2) is 0 Å². The van der Waals surface area contributed by atoms with Gasteiger partial charge < -0.3 is 15.3 Å². The van der Waals surface area contributed by atoms with Gasteiger partial charge in [-0.25, -0.2) is 4.68 Å². The molecule has 19 heavy (non-hydrogen) atoms. The average molecular weight is 331 g/mol. The Morgan fingerprint density at radius 1 is 1.68 bits per heavy atom. The summed E-state index contributed by atoms with van der Waals surface area (Å²) in [5, 5.41) is 16.7. The zero-order chi connectivity index (χ0) is 13.8. The van der Waals surface area contributed by atoms with Crippen molar-refractivity contribution in [2.75, 3.05) is 31.1 Å². The second-order valence-corrected chi connectivity index (χ2v) is 5.53. The van der Waals surface area contributed by atoms with Crippen LogP contribution in [-0.4, -0.2) is 47.2 Å². The number of hydrogen-bond donors (Lipinski definition) is 2. The Morgan fingerprint density at radius 3 is 3.11 bits per heavy atom. The van der Waals surface area contributed by atoms with Gasteiger partial charge in [0.05, 0.1) is 18.5 Å². The van der Waals surface area contributed by atoms with Gasteiger partial charge in [0.1, 0.15) is 4.47 Å². The lowest BCUT2D eigenvalue weighted by Gasteiger charge is -2.27. The van der Waals surface area contributed by atoms with Crippen molar-refractivity contribution in [3.63, 3.8) is 0 Å². The van der Waals surface area contributed by atoms with Crippen LogP contribution in [-0.2, 0) is 7.05 Å². The van der Waals surface area contributed by atoms with Crippen molar-refractivity contribution in [3.8, 4) is 0 Å². The van der Waals surface area contributed by atoms with Crippen LogP contribution in [0.25, 0.3) is 0 Å². The Morgan fingerprint density at radius 2 is 2.47 bits per heavy atom. The number of aliphatic hydroxyl groups excluding tert-OH is 1. The van der Waals surface area contributed by atoms with Crippen LogP contribution in [0.2, 0.25) is 0 Å². The third kappa shape index (κ3) is 3.34. The van der Waals surface area contributed by atoms with E-state index in [9.17, 15) is 9.90 Å². The molecule has 0 aromatic carbocycles. The largest absolute Gasteiger partial charge is 0.395 e. The highest BCUT2D eigenvalue weighted by Gasteiger charge is 2.20. The molecular formula is C12H19BrN4O2. The molecule has 1 saturated heterocycles. The summed E-state index contributed by atoms with van der Waals surface area (Å²) in [7, 11) is 1.62. The van der Waals surface area contributed by atoms with Gasteiger partial charge in [-0.15, -0.1) is 0 Å². The van der Waals surface area contributed by atoms with Crippen molar-refractivity contribution in [2.45, 2.75) is 18.9 Å². The molecule has 1 aliphatic rings. The molecule has 6 nitrogen and oxygen atoms in total. The first-order valence-electron chi connectivity index (χ1n) is 6.44. The van der Waals surface area contributed by atoms with E-state index in [1.807, 2.05) is 4.90 Å². The van der Waals surface area contributed by atoms with Crippen LogP contribution in [0.4, 0.5) is 5.69 Å². The zero-order valence-electron chi connectivity index (χ0n) is 11.0. The summed E-state index contributed by atoms with van der Waals surface area (Å²) in [5.41, 5.74) is 0.575. The summed E-state index contributed by atoms with van der Waals surface area (Å²) < 4.78 is 1.79. The minimum Gasteiger partial charge on any atom is -0.395 e. The lowest BCUT2D eigenvalue weighted by molar-refractivity contribution is 0.300. The molecule has 1 atom stereocenters. The van der Waals surface area contributed by atoms with E-state index in [1.54, 1.807) is 13.2 Å². The zero-order valence-corrected chi connectivity index (χ0v) is 12.6. The molecule has 1 aromatic heterocycles. The van der Waals surface area contributed by atoms with E-state index in [-0.39, 0.29) is 12.2 Å². The summed E-state index contributed by atoms with van der Waals surface area (Å²) >= 11 is 3.33. The van der Waals surface area contributed by atoms with E-state index < -0.39 is 0 Å². The fourth-order valence-corrected chi connectivity index (χ4v) is 2.94. The third-order valence-electron chi connectivity index (χ3n) is 3.37. The summed E-state index contributed by atoms with van der Waals surface area (Å²) in [6.45, 7) is 2.35. The standard InChI is InChI=1S/C12H19BrN4O2/c1-16-12(19)11(13)10(7-15-16)17(5-6-18)8-9-3-2-4-14-9/h7,9,14,18H,2-6,8H2,1H3. The molecule has 2 N–H and O–H groups in total. The molecular weight excluding hydrogens is 312 g/mol. The van der Waals surface area contributed by atoms with Gasteiger partial charge in [0.2, 0.25) is 0 Å². The van der Waals surface area contributed by atoms with Gasteiger partial charge in [0.25, 0.3) is 5.56 Å². The number of aryl methyl sites for hydroxylation is 1. The monoisotopic (exact) mass is 330 g/mol. The number of nitrogens with one attached hydrogen (secondary N) is 1. The van der Waals surface area contributed by atoms with Crippen molar-refractivity contribution in [2.24, 2.45) is 7.05 Å². The smallest absolute Gasteiger partial charge is 0.282 e. The summed E-state index contributed by atoms with van der Waals surface area (Å²) in [5.74, 6) is 0. The highest BCUT2D eigenvalue weighted by Crippen LogP contribution is 2.22. The third-order valence-corrected chi connectivity index (χ3v) is 4.12. The fourth-order valence-electron chi connectivity index (χ4n) is 2.33. The number of hydrogen-bond acceptors (Lipinski definition) is 5. The Hall–Kier alpha value is -0.920. The molecule has 1 aromatic rings. The van der Waals surface area contributed by atoms with Gasteiger partial charge in [-0.1, -0.05) is 0 Å². The van der Waals surface area contributed by atoms with Gasteiger partial charge >= 0.3 is 0 Å². The molecule has 0 amide bonds. The Kier molecular flexibility index (Phi) is 4.95. The summed E-state index contributed by atoms with van der Waals surface area (Å²) in [4.78, 5) is 13.9. The molecule has 7 heteroatoms. The van der Waals surface area contributed by atoms with Crippen molar-refractivity contribution in [1.82, 2.24) is 15.1 Å². The average Bonchev–Trinajstić information content (AvgIpc) is 2.89. The molecule has 2 heterocycles. The van der Waals surface area contributed by atoms with Crippen LogP contribution in [0.1, 0.15) is 12.8 Å². The first-order valence-corrected chi connectivity index (χ1v) is 7.23. The van der Waals surface area contributed by atoms with E-state index in [1.165, 1.54) is 11.1 Å². The van der Waals surface area contributed by atoms with Gasteiger partial charge in [0, 0.05) is 26.2 Å². The Bertz CT molecular complexity index is 485. The SMILES string of the molecule is Cn1ncc(N(CCO)CC2CCCN2)c(Br)c1=O. The molecule has 1 aliphatic heterocycles. The van der Waals surface area contributed by atoms with Crippen molar-refractivity contribution in [3.05, 3.63) is 21.0 Å². The number of nitrogens with zero attached hydrogens (tertiary/aromatic N) is 3. The second-order valence-electron chi connectivity index (χ2n) is 4.74. The Balaban J connectivity index is 2.22. The maximum Gasteiger partial charge on any atom is 0.282 e. The van der Waals surface area contributed by atoms with Crippen molar-refractivity contribution >= 4 is 21.6 Å². The van der Waals surface area contributed by atoms with Crippen LogP contribution in [0.3, 0.4) is 0 Å². The van der Waals surface area contributed by atoms with E-state index in [4.69, 9.17) is 0 Å². The topological polar surface area (TPSA) is 70.4 Å². The number of halogens is 1. The minimum absolute atomic E-state index is 0.0500.